The molecule has 16 heavy (non-hydrogen) atoms. The van der Waals surface area contributed by atoms with Gasteiger partial charge in [-0.2, -0.15) is 0 Å². The van der Waals surface area contributed by atoms with Crippen molar-refractivity contribution >= 4 is 11.5 Å². The smallest absolute Gasteiger partial charge is 0.0669 e. The molecule has 2 heterocycles. The Kier molecular flexibility index (Phi) is 3.96. The molecule has 2 aromatic heterocycles. The average Bonchev–Trinajstić information content (AvgIpc) is 2.83. The molecule has 0 aliphatic rings. The minimum atomic E-state index is 0.286. The van der Waals surface area contributed by atoms with Crippen molar-refractivity contribution in [2.24, 2.45) is 0 Å². The van der Waals surface area contributed by atoms with Gasteiger partial charge in [0, 0.05) is 18.4 Å². The van der Waals surface area contributed by atoms with Crippen molar-refractivity contribution in [1.29, 1.82) is 0 Å². The summed E-state index contributed by atoms with van der Waals surface area (Å²) in [4.78, 5) is 5.30. The number of aromatic nitrogens is 3. The van der Waals surface area contributed by atoms with Gasteiger partial charge in [0.15, 0.2) is 0 Å². The van der Waals surface area contributed by atoms with Crippen LogP contribution in [0.4, 0.5) is 0 Å². The van der Waals surface area contributed by atoms with Crippen LogP contribution in [0.2, 0.25) is 0 Å². The Bertz CT molecular complexity index is 401. The summed E-state index contributed by atoms with van der Waals surface area (Å²) in [6, 6.07) is 4.34. The number of pyridine rings is 1. The molecule has 0 aliphatic heterocycles. The van der Waals surface area contributed by atoms with E-state index in [9.17, 15) is 0 Å². The number of likely N-dealkylation sites (N-methyl/N-ethyl adjacent to an activating group) is 1. The van der Waals surface area contributed by atoms with Crippen molar-refractivity contribution in [2.75, 3.05) is 6.54 Å². The van der Waals surface area contributed by atoms with E-state index in [4.69, 9.17) is 0 Å². The van der Waals surface area contributed by atoms with Crippen molar-refractivity contribution in [2.45, 2.75) is 19.4 Å². The van der Waals surface area contributed by atoms with Crippen molar-refractivity contribution in [1.82, 2.24) is 19.9 Å². The number of rotatable bonds is 5. The van der Waals surface area contributed by atoms with Gasteiger partial charge in [-0.1, -0.05) is 17.5 Å². The van der Waals surface area contributed by atoms with E-state index >= 15 is 0 Å². The topological polar surface area (TPSA) is 50.7 Å². The molecule has 0 aliphatic carbocycles. The minimum absolute atomic E-state index is 0.286. The molecule has 0 saturated heterocycles. The Hall–Kier alpha value is -1.33. The Labute approximate surface area is 98.9 Å². The first kappa shape index (κ1) is 11.2. The zero-order valence-electron chi connectivity index (χ0n) is 9.13. The first-order valence-electron chi connectivity index (χ1n) is 5.29. The van der Waals surface area contributed by atoms with E-state index in [1.54, 1.807) is 6.20 Å². The Balaban J connectivity index is 2.09. The first-order chi connectivity index (χ1) is 7.90. The molecule has 4 nitrogen and oxygen atoms in total. The lowest BCUT2D eigenvalue weighted by atomic mass is 10.1. The van der Waals surface area contributed by atoms with Crippen LogP contribution < -0.4 is 5.32 Å². The molecule has 0 fully saturated rings. The van der Waals surface area contributed by atoms with E-state index in [2.05, 4.69) is 32.9 Å². The Morgan fingerprint density at radius 3 is 3.00 bits per heavy atom. The minimum Gasteiger partial charge on any atom is -0.309 e. The fourth-order valence-corrected chi connectivity index (χ4v) is 2.18. The molecule has 2 aromatic rings. The summed E-state index contributed by atoms with van der Waals surface area (Å²) in [7, 11) is 0. The van der Waals surface area contributed by atoms with Crippen LogP contribution in [0, 0.1) is 0 Å². The quantitative estimate of drug-likeness (QED) is 0.857. The van der Waals surface area contributed by atoms with Gasteiger partial charge in [-0.15, -0.1) is 5.10 Å². The zero-order valence-corrected chi connectivity index (χ0v) is 9.94. The third kappa shape index (κ3) is 2.84. The lowest BCUT2D eigenvalue weighted by Crippen LogP contribution is -2.22. The van der Waals surface area contributed by atoms with Crippen molar-refractivity contribution in [3.05, 3.63) is 41.2 Å². The summed E-state index contributed by atoms with van der Waals surface area (Å²) in [5.41, 5.74) is 1.22. The standard InChI is InChI=1S/C11H14N4S/c1-2-13-10(11-8-14-15-16-11)6-9-4-3-5-12-7-9/h3-5,7-8,10,13H,2,6H2,1H3. The summed E-state index contributed by atoms with van der Waals surface area (Å²) >= 11 is 1.45. The molecule has 0 aromatic carbocycles. The van der Waals surface area contributed by atoms with Crippen molar-refractivity contribution in [3.63, 3.8) is 0 Å². The van der Waals surface area contributed by atoms with Gasteiger partial charge in [0.2, 0.25) is 0 Å². The normalized spacial score (nSPS) is 12.6. The van der Waals surface area contributed by atoms with Gasteiger partial charge < -0.3 is 5.32 Å². The molecule has 84 valence electrons. The monoisotopic (exact) mass is 234 g/mol. The molecule has 0 amide bonds. The van der Waals surface area contributed by atoms with Gasteiger partial charge >= 0.3 is 0 Å². The molecule has 2 rings (SSSR count). The van der Waals surface area contributed by atoms with Crippen molar-refractivity contribution in [3.8, 4) is 0 Å². The second kappa shape index (κ2) is 5.67. The van der Waals surface area contributed by atoms with Gasteiger partial charge in [-0.3, -0.25) is 4.98 Å². The lowest BCUT2D eigenvalue weighted by molar-refractivity contribution is 0.556. The number of nitrogens with one attached hydrogen (secondary N) is 1. The van der Waals surface area contributed by atoms with Crippen LogP contribution in [0.3, 0.4) is 0 Å². The third-order valence-corrected chi connectivity index (χ3v) is 3.11. The van der Waals surface area contributed by atoms with Gasteiger partial charge in [-0.25, -0.2) is 0 Å². The van der Waals surface area contributed by atoms with Crippen LogP contribution in [0.15, 0.2) is 30.7 Å². The predicted octanol–water partition coefficient (Wildman–Crippen LogP) is 1.83. The maximum Gasteiger partial charge on any atom is 0.0669 e. The highest BCUT2D eigenvalue weighted by molar-refractivity contribution is 7.05. The highest BCUT2D eigenvalue weighted by atomic mass is 32.1. The number of hydrogen-bond donors (Lipinski definition) is 1. The first-order valence-corrected chi connectivity index (χ1v) is 6.07. The second-order valence-electron chi connectivity index (χ2n) is 3.50. The second-order valence-corrected chi connectivity index (χ2v) is 4.31. The number of hydrogen-bond acceptors (Lipinski definition) is 5. The fraction of sp³-hybridized carbons (Fsp3) is 0.364. The zero-order chi connectivity index (χ0) is 11.2. The molecule has 0 radical (unpaired) electrons. The molecular formula is C11H14N4S. The molecule has 1 atom stereocenters. The summed E-state index contributed by atoms with van der Waals surface area (Å²) in [5.74, 6) is 0. The molecule has 1 unspecified atom stereocenters. The average molecular weight is 234 g/mol. The molecule has 5 heteroatoms. The Morgan fingerprint density at radius 1 is 1.44 bits per heavy atom. The van der Waals surface area contributed by atoms with Crippen LogP contribution in [-0.4, -0.2) is 21.1 Å². The van der Waals surface area contributed by atoms with E-state index in [1.165, 1.54) is 22.0 Å². The highest BCUT2D eigenvalue weighted by Crippen LogP contribution is 2.19. The maximum atomic E-state index is 4.12. The van der Waals surface area contributed by atoms with E-state index in [-0.39, 0.29) is 6.04 Å². The predicted molar refractivity (Wildman–Crippen MR) is 64.3 cm³/mol. The van der Waals surface area contributed by atoms with Crippen LogP contribution in [-0.2, 0) is 6.42 Å². The van der Waals surface area contributed by atoms with Crippen LogP contribution in [0.5, 0.6) is 0 Å². The van der Waals surface area contributed by atoms with Crippen molar-refractivity contribution < 1.29 is 0 Å². The van der Waals surface area contributed by atoms with Crippen LogP contribution in [0.25, 0.3) is 0 Å². The van der Waals surface area contributed by atoms with Gasteiger partial charge in [0.05, 0.1) is 11.1 Å². The summed E-state index contributed by atoms with van der Waals surface area (Å²) in [6.45, 7) is 3.04. The van der Waals surface area contributed by atoms with E-state index in [0.29, 0.717) is 0 Å². The van der Waals surface area contributed by atoms with Gasteiger partial charge in [-0.05, 0) is 36.1 Å². The van der Waals surface area contributed by atoms with Gasteiger partial charge in [0.1, 0.15) is 0 Å². The molecule has 1 N–H and O–H groups in total. The number of nitrogens with zero attached hydrogens (tertiary/aromatic N) is 3. The molecule has 0 saturated carbocycles. The molecular weight excluding hydrogens is 220 g/mol. The van der Waals surface area contributed by atoms with Crippen LogP contribution in [0.1, 0.15) is 23.4 Å². The fourth-order valence-electron chi connectivity index (χ4n) is 1.60. The molecule has 0 spiro atoms. The van der Waals surface area contributed by atoms with Gasteiger partial charge in [0.25, 0.3) is 0 Å². The maximum absolute atomic E-state index is 4.12. The lowest BCUT2D eigenvalue weighted by Gasteiger charge is -2.14. The highest BCUT2D eigenvalue weighted by Gasteiger charge is 2.13. The SMILES string of the molecule is CCNC(Cc1cccnc1)c1cnns1. The summed E-state index contributed by atoms with van der Waals surface area (Å²) in [5, 5.41) is 7.32. The van der Waals surface area contributed by atoms with E-state index in [1.807, 2.05) is 18.5 Å². The summed E-state index contributed by atoms with van der Waals surface area (Å²) in [6.07, 6.45) is 6.44. The van der Waals surface area contributed by atoms with E-state index < -0.39 is 0 Å². The third-order valence-electron chi connectivity index (χ3n) is 2.33. The molecule has 0 bridgehead atoms. The van der Waals surface area contributed by atoms with E-state index in [0.717, 1.165) is 13.0 Å². The van der Waals surface area contributed by atoms with Crippen LogP contribution >= 0.6 is 11.5 Å². The Morgan fingerprint density at radius 2 is 2.38 bits per heavy atom. The largest absolute Gasteiger partial charge is 0.309 e. The summed E-state index contributed by atoms with van der Waals surface area (Å²) < 4.78 is 3.90.